The number of nitrogens with two attached hydrogens (primary N) is 1. The normalized spacial score (nSPS) is 16.1. The van der Waals surface area contributed by atoms with E-state index in [0.29, 0.717) is 11.6 Å². The average Bonchev–Trinajstić information content (AvgIpc) is 2.30. The molecule has 0 bridgehead atoms. The molecule has 0 atom stereocenters. The van der Waals surface area contributed by atoms with Crippen LogP contribution in [0.5, 0.6) is 0 Å². The Kier molecular flexibility index (Phi) is 3.74. The summed E-state index contributed by atoms with van der Waals surface area (Å²) in [5.74, 6) is -0.290. The third-order valence-corrected chi connectivity index (χ3v) is 3.11. The minimum Gasteiger partial charge on any atom is -0.369 e. The summed E-state index contributed by atoms with van der Waals surface area (Å²) in [6.45, 7) is 0. The summed E-state index contributed by atoms with van der Waals surface area (Å²) < 4.78 is 0. The van der Waals surface area contributed by atoms with Crippen molar-refractivity contribution in [2.24, 2.45) is 5.73 Å². The fraction of sp³-hybridized carbons (Fsp3) is 0.417. The third-order valence-electron chi connectivity index (χ3n) is 2.91. The van der Waals surface area contributed by atoms with E-state index in [1.54, 1.807) is 6.07 Å². The van der Waals surface area contributed by atoms with Crippen LogP contribution >= 0.6 is 11.6 Å². The van der Waals surface area contributed by atoms with Gasteiger partial charge < -0.3 is 5.73 Å². The maximum atomic E-state index is 11.0. The Morgan fingerprint density at radius 2 is 2.06 bits per heavy atom. The Morgan fingerprint density at radius 3 is 2.71 bits per heavy atom. The summed E-state index contributed by atoms with van der Waals surface area (Å²) in [7, 11) is 0. The largest absolute Gasteiger partial charge is 0.369 e. The molecular formula is C12H14ClN3O. The van der Waals surface area contributed by atoms with Gasteiger partial charge in [-0.05, 0) is 43.4 Å². The van der Waals surface area contributed by atoms with Crippen LogP contribution in [0.3, 0.4) is 0 Å². The highest BCUT2D eigenvalue weighted by Gasteiger charge is 2.17. The molecule has 5 heteroatoms. The number of allylic oxidation sites excluding steroid dienone is 1. The van der Waals surface area contributed by atoms with Crippen molar-refractivity contribution in [3.63, 3.8) is 0 Å². The SMILES string of the molecule is NC(=O)CC1=C(c2ccc(Cl)nn2)CCCC1. The average molecular weight is 252 g/mol. The molecule has 2 N–H and O–H groups in total. The van der Waals surface area contributed by atoms with Gasteiger partial charge in [-0.1, -0.05) is 17.2 Å². The van der Waals surface area contributed by atoms with E-state index in [9.17, 15) is 4.79 Å². The number of carbonyl (C=O) groups excluding carboxylic acids is 1. The van der Waals surface area contributed by atoms with Crippen molar-refractivity contribution in [1.29, 1.82) is 0 Å². The first-order chi connectivity index (χ1) is 8.16. The number of carbonyl (C=O) groups is 1. The summed E-state index contributed by atoms with van der Waals surface area (Å²) in [6.07, 6.45) is 4.39. The van der Waals surface area contributed by atoms with Gasteiger partial charge in [-0.2, -0.15) is 0 Å². The van der Waals surface area contributed by atoms with Gasteiger partial charge in [0, 0.05) is 6.42 Å². The second kappa shape index (κ2) is 5.27. The van der Waals surface area contributed by atoms with E-state index in [1.165, 1.54) is 0 Å². The fourth-order valence-electron chi connectivity index (χ4n) is 2.16. The molecule has 1 aromatic rings. The smallest absolute Gasteiger partial charge is 0.221 e. The standard InChI is InChI=1S/C12H14ClN3O/c13-11-6-5-10(15-16-11)9-4-2-1-3-8(9)7-12(14)17/h5-6H,1-4,7H2,(H2,14,17). The van der Waals surface area contributed by atoms with E-state index in [2.05, 4.69) is 10.2 Å². The predicted octanol–water partition coefficient (Wildman–Crippen LogP) is 2.33. The van der Waals surface area contributed by atoms with Crippen LogP contribution in [0.4, 0.5) is 0 Å². The summed E-state index contributed by atoms with van der Waals surface area (Å²) in [5.41, 5.74) is 8.28. The van der Waals surface area contributed by atoms with Crippen LogP contribution in [0.1, 0.15) is 37.8 Å². The van der Waals surface area contributed by atoms with E-state index in [1.807, 2.05) is 6.07 Å². The van der Waals surface area contributed by atoms with E-state index in [-0.39, 0.29) is 5.91 Å². The number of primary amides is 1. The van der Waals surface area contributed by atoms with E-state index < -0.39 is 0 Å². The molecule has 0 fully saturated rings. The molecule has 1 aliphatic carbocycles. The molecule has 1 amide bonds. The number of rotatable bonds is 3. The molecule has 2 rings (SSSR count). The highest BCUT2D eigenvalue weighted by Crippen LogP contribution is 2.32. The Bertz CT molecular complexity index is 453. The van der Waals surface area contributed by atoms with Gasteiger partial charge in [-0.3, -0.25) is 4.79 Å². The van der Waals surface area contributed by atoms with E-state index in [0.717, 1.165) is 42.5 Å². The first-order valence-corrected chi connectivity index (χ1v) is 6.03. The van der Waals surface area contributed by atoms with Crippen LogP contribution in [-0.4, -0.2) is 16.1 Å². The summed E-state index contributed by atoms with van der Waals surface area (Å²) >= 11 is 5.71. The first kappa shape index (κ1) is 12.0. The Labute approximate surface area is 105 Å². The zero-order valence-corrected chi connectivity index (χ0v) is 10.2. The third kappa shape index (κ3) is 3.03. The second-order valence-electron chi connectivity index (χ2n) is 4.17. The Morgan fingerprint density at radius 1 is 1.29 bits per heavy atom. The van der Waals surface area contributed by atoms with Crippen molar-refractivity contribution in [2.45, 2.75) is 32.1 Å². The van der Waals surface area contributed by atoms with Crippen molar-refractivity contribution in [3.05, 3.63) is 28.6 Å². The lowest BCUT2D eigenvalue weighted by atomic mass is 9.88. The Balaban J connectivity index is 2.34. The quantitative estimate of drug-likeness (QED) is 0.896. The molecule has 0 saturated heterocycles. The predicted molar refractivity (Wildman–Crippen MR) is 66.2 cm³/mol. The summed E-state index contributed by atoms with van der Waals surface area (Å²) in [6, 6.07) is 3.56. The van der Waals surface area contributed by atoms with Crippen LogP contribution in [0.25, 0.3) is 5.57 Å². The zero-order chi connectivity index (χ0) is 12.3. The van der Waals surface area contributed by atoms with Gasteiger partial charge in [0.15, 0.2) is 5.15 Å². The van der Waals surface area contributed by atoms with Gasteiger partial charge in [0.1, 0.15) is 0 Å². The number of hydrogen-bond acceptors (Lipinski definition) is 3. The second-order valence-corrected chi connectivity index (χ2v) is 4.56. The lowest BCUT2D eigenvalue weighted by Gasteiger charge is -2.18. The van der Waals surface area contributed by atoms with E-state index in [4.69, 9.17) is 17.3 Å². The molecule has 1 aromatic heterocycles. The van der Waals surface area contributed by atoms with Gasteiger partial charge in [-0.25, -0.2) is 0 Å². The minimum atomic E-state index is -0.290. The number of hydrogen-bond donors (Lipinski definition) is 1. The molecule has 90 valence electrons. The first-order valence-electron chi connectivity index (χ1n) is 5.65. The maximum absolute atomic E-state index is 11.0. The molecule has 1 aliphatic rings. The number of amides is 1. The monoisotopic (exact) mass is 251 g/mol. The molecule has 0 aliphatic heterocycles. The van der Waals surface area contributed by atoms with Crippen LogP contribution in [0.2, 0.25) is 5.15 Å². The molecule has 4 nitrogen and oxygen atoms in total. The van der Waals surface area contributed by atoms with Gasteiger partial charge in [0.05, 0.1) is 5.69 Å². The van der Waals surface area contributed by atoms with Gasteiger partial charge in [-0.15, -0.1) is 10.2 Å². The lowest BCUT2D eigenvalue weighted by molar-refractivity contribution is -0.117. The molecule has 1 heterocycles. The van der Waals surface area contributed by atoms with Crippen molar-refractivity contribution in [3.8, 4) is 0 Å². The summed E-state index contributed by atoms with van der Waals surface area (Å²) in [4.78, 5) is 11.0. The van der Waals surface area contributed by atoms with Crippen molar-refractivity contribution < 1.29 is 4.79 Å². The number of nitrogens with zero attached hydrogens (tertiary/aromatic N) is 2. The van der Waals surface area contributed by atoms with Crippen LogP contribution < -0.4 is 5.73 Å². The van der Waals surface area contributed by atoms with Crippen LogP contribution in [-0.2, 0) is 4.79 Å². The minimum absolute atomic E-state index is 0.290. The van der Waals surface area contributed by atoms with Crippen molar-refractivity contribution >= 4 is 23.1 Å². The molecule has 0 aromatic carbocycles. The molecule has 0 unspecified atom stereocenters. The van der Waals surface area contributed by atoms with Crippen molar-refractivity contribution in [2.75, 3.05) is 0 Å². The lowest BCUT2D eigenvalue weighted by Crippen LogP contribution is -2.14. The number of aromatic nitrogens is 2. The maximum Gasteiger partial charge on any atom is 0.221 e. The van der Waals surface area contributed by atoms with Gasteiger partial charge in [0.2, 0.25) is 5.91 Å². The fourth-order valence-corrected chi connectivity index (χ4v) is 2.26. The summed E-state index contributed by atoms with van der Waals surface area (Å²) in [5, 5.41) is 8.28. The zero-order valence-electron chi connectivity index (χ0n) is 9.45. The highest BCUT2D eigenvalue weighted by molar-refractivity contribution is 6.29. The Hall–Kier alpha value is -1.42. The van der Waals surface area contributed by atoms with Crippen LogP contribution in [0, 0.1) is 0 Å². The molecule has 0 radical (unpaired) electrons. The molecule has 17 heavy (non-hydrogen) atoms. The van der Waals surface area contributed by atoms with Crippen molar-refractivity contribution in [1.82, 2.24) is 10.2 Å². The van der Waals surface area contributed by atoms with Gasteiger partial charge in [0.25, 0.3) is 0 Å². The highest BCUT2D eigenvalue weighted by atomic mass is 35.5. The molecular weight excluding hydrogens is 238 g/mol. The number of halogens is 1. The van der Waals surface area contributed by atoms with Gasteiger partial charge >= 0.3 is 0 Å². The topological polar surface area (TPSA) is 68.9 Å². The molecule has 0 saturated carbocycles. The molecule has 0 spiro atoms. The van der Waals surface area contributed by atoms with E-state index >= 15 is 0 Å². The van der Waals surface area contributed by atoms with Crippen LogP contribution in [0.15, 0.2) is 17.7 Å².